The van der Waals surface area contributed by atoms with Crippen molar-refractivity contribution in [3.8, 4) is 11.3 Å². The van der Waals surface area contributed by atoms with Crippen molar-refractivity contribution in [1.82, 2.24) is 0 Å². The number of benzene rings is 1. The van der Waals surface area contributed by atoms with E-state index in [1.807, 2.05) is 12.1 Å². The summed E-state index contributed by atoms with van der Waals surface area (Å²) in [6.45, 7) is 2.08. The van der Waals surface area contributed by atoms with E-state index in [4.69, 9.17) is 15.9 Å². The third kappa shape index (κ3) is 1.68. The van der Waals surface area contributed by atoms with E-state index in [-0.39, 0.29) is 0 Å². The molecule has 0 aliphatic carbocycles. The zero-order valence-electron chi connectivity index (χ0n) is 8.66. The first-order valence-corrected chi connectivity index (χ1v) is 4.94. The first kappa shape index (κ1) is 9.65. The molecule has 2 rings (SSSR count). The molecule has 0 spiro atoms. The maximum absolute atomic E-state index is 5.89. The molecule has 0 amide bonds. The van der Waals surface area contributed by atoms with E-state index < -0.39 is 0 Å². The van der Waals surface area contributed by atoms with Gasteiger partial charge in [0.05, 0.1) is 6.26 Å². The highest BCUT2D eigenvalue weighted by Gasteiger charge is 2.10. The zero-order chi connectivity index (χ0) is 10.8. The zero-order valence-corrected chi connectivity index (χ0v) is 8.66. The van der Waals surface area contributed by atoms with Crippen LogP contribution >= 0.6 is 0 Å². The van der Waals surface area contributed by atoms with Crippen LogP contribution in [0.5, 0.6) is 0 Å². The van der Waals surface area contributed by atoms with E-state index in [9.17, 15) is 0 Å². The first-order chi connectivity index (χ1) is 7.22. The average Bonchev–Trinajstić information content (AvgIpc) is 2.69. The molecule has 3 heteroatoms. The lowest BCUT2D eigenvalue weighted by Gasteiger charge is -2.05. The highest BCUT2D eigenvalue weighted by molar-refractivity contribution is 5.77. The maximum Gasteiger partial charge on any atom is 0.139 e. The van der Waals surface area contributed by atoms with Gasteiger partial charge in [0.25, 0.3) is 0 Å². The van der Waals surface area contributed by atoms with Crippen LogP contribution in [-0.4, -0.2) is 0 Å². The van der Waals surface area contributed by atoms with Gasteiger partial charge in [-0.2, -0.15) is 0 Å². The van der Waals surface area contributed by atoms with Crippen LogP contribution in [0.2, 0.25) is 0 Å². The van der Waals surface area contributed by atoms with Gasteiger partial charge in [-0.3, -0.25) is 0 Å². The van der Waals surface area contributed by atoms with Gasteiger partial charge in [-0.15, -0.1) is 0 Å². The van der Waals surface area contributed by atoms with E-state index in [0.29, 0.717) is 11.4 Å². The van der Waals surface area contributed by atoms with Gasteiger partial charge in [0.2, 0.25) is 0 Å². The van der Waals surface area contributed by atoms with E-state index in [1.54, 1.807) is 18.4 Å². The predicted octanol–water partition coefficient (Wildman–Crippen LogP) is 2.67. The van der Waals surface area contributed by atoms with Crippen LogP contribution < -0.4 is 11.5 Å². The molecule has 0 atom stereocenters. The molecule has 0 radical (unpaired) electrons. The normalized spacial score (nSPS) is 10.5. The van der Waals surface area contributed by atoms with Crippen LogP contribution in [0.3, 0.4) is 0 Å². The van der Waals surface area contributed by atoms with Crippen LogP contribution in [0, 0.1) is 0 Å². The van der Waals surface area contributed by atoms with Crippen molar-refractivity contribution in [3.05, 3.63) is 36.1 Å². The third-order valence-electron chi connectivity index (χ3n) is 2.45. The van der Waals surface area contributed by atoms with Gasteiger partial charge in [-0.25, -0.2) is 0 Å². The van der Waals surface area contributed by atoms with Crippen LogP contribution in [0.15, 0.2) is 34.9 Å². The second kappa shape index (κ2) is 3.69. The summed E-state index contributed by atoms with van der Waals surface area (Å²) in [6, 6.07) is 7.38. The lowest BCUT2D eigenvalue weighted by Crippen LogP contribution is -1.93. The molecule has 1 aromatic heterocycles. The Hall–Kier alpha value is -1.90. The summed E-state index contributed by atoms with van der Waals surface area (Å²) in [5.74, 6) is 0.822. The van der Waals surface area contributed by atoms with Gasteiger partial charge in [0.1, 0.15) is 5.76 Å². The quantitative estimate of drug-likeness (QED) is 0.736. The summed E-state index contributed by atoms with van der Waals surface area (Å²) in [6.07, 6.45) is 2.59. The Bertz CT molecular complexity index is 474. The van der Waals surface area contributed by atoms with Crippen molar-refractivity contribution >= 4 is 11.4 Å². The Kier molecular flexibility index (Phi) is 2.37. The van der Waals surface area contributed by atoms with E-state index in [1.165, 1.54) is 0 Å². The molecule has 0 bridgehead atoms. The molecule has 0 unspecified atom stereocenters. The third-order valence-corrected chi connectivity index (χ3v) is 2.45. The fraction of sp³-hybridized carbons (Fsp3) is 0.167. The molecule has 15 heavy (non-hydrogen) atoms. The summed E-state index contributed by atoms with van der Waals surface area (Å²) < 4.78 is 5.44. The number of hydrogen-bond donors (Lipinski definition) is 2. The standard InChI is InChI=1S/C12H14N2O/c1-2-8-5-6-15-12(8)10-7-9(13)3-4-11(10)14/h3-7H,2,13-14H2,1H3. The molecule has 0 fully saturated rings. The summed E-state index contributed by atoms with van der Waals surface area (Å²) >= 11 is 0. The highest BCUT2D eigenvalue weighted by Crippen LogP contribution is 2.31. The van der Waals surface area contributed by atoms with E-state index in [0.717, 1.165) is 23.3 Å². The fourth-order valence-electron chi connectivity index (χ4n) is 1.62. The monoisotopic (exact) mass is 202 g/mol. The largest absolute Gasteiger partial charge is 0.464 e. The van der Waals surface area contributed by atoms with Crippen LogP contribution in [-0.2, 0) is 6.42 Å². The Morgan fingerprint density at radius 2 is 2.00 bits per heavy atom. The minimum atomic E-state index is 0.689. The Balaban J connectivity index is 2.58. The Labute approximate surface area is 88.7 Å². The predicted molar refractivity (Wildman–Crippen MR) is 62.3 cm³/mol. The number of nitrogen functional groups attached to an aromatic ring is 2. The van der Waals surface area contributed by atoms with Gasteiger partial charge in [-0.1, -0.05) is 6.92 Å². The lowest BCUT2D eigenvalue weighted by atomic mass is 10.0. The lowest BCUT2D eigenvalue weighted by molar-refractivity contribution is 0.580. The van der Waals surface area contributed by atoms with Crippen molar-refractivity contribution in [2.45, 2.75) is 13.3 Å². The number of anilines is 2. The van der Waals surface area contributed by atoms with Crippen molar-refractivity contribution in [2.24, 2.45) is 0 Å². The minimum Gasteiger partial charge on any atom is -0.464 e. The molecule has 0 saturated heterocycles. The summed E-state index contributed by atoms with van der Waals surface area (Å²) in [5.41, 5.74) is 15.0. The van der Waals surface area contributed by atoms with Gasteiger partial charge in [0.15, 0.2) is 0 Å². The van der Waals surface area contributed by atoms with E-state index in [2.05, 4.69) is 6.92 Å². The molecular formula is C12H14N2O. The van der Waals surface area contributed by atoms with Crippen LogP contribution in [0.4, 0.5) is 11.4 Å². The van der Waals surface area contributed by atoms with Crippen molar-refractivity contribution < 1.29 is 4.42 Å². The second-order valence-electron chi connectivity index (χ2n) is 3.48. The molecule has 0 aliphatic heterocycles. The number of nitrogens with two attached hydrogens (primary N) is 2. The fourth-order valence-corrected chi connectivity index (χ4v) is 1.62. The number of furan rings is 1. The number of hydrogen-bond acceptors (Lipinski definition) is 3. The van der Waals surface area contributed by atoms with E-state index >= 15 is 0 Å². The number of aryl methyl sites for hydroxylation is 1. The van der Waals surface area contributed by atoms with Crippen LogP contribution in [0.1, 0.15) is 12.5 Å². The SMILES string of the molecule is CCc1ccoc1-c1cc(N)ccc1N. The minimum absolute atomic E-state index is 0.689. The van der Waals surface area contributed by atoms with Crippen molar-refractivity contribution in [3.63, 3.8) is 0 Å². The summed E-state index contributed by atoms with van der Waals surface area (Å²) in [5, 5.41) is 0. The molecular weight excluding hydrogens is 188 g/mol. The Morgan fingerprint density at radius 3 is 2.73 bits per heavy atom. The molecule has 1 aromatic carbocycles. The average molecular weight is 202 g/mol. The molecule has 78 valence electrons. The second-order valence-corrected chi connectivity index (χ2v) is 3.48. The summed E-state index contributed by atoms with van der Waals surface area (Å²) in [7, 11) is 0. The summed E-state index contributed by atoms with van der Waals surface area (Å²) in [4.78, 5) is 0. The smallest absolute Gasteiger partial charge is 0.139 e. The highest BCUT2D eigenvalue weighted by atomic mass is 16.3. The molecule has 4 N–H and O–H groups in total. The molecule has 0 saturated carbocycles. The van der Waals surface area contributed by atoms with Gasteiger partial charge >= 0.3 is 0 Å². The Morgan fingerprint density at radius 1 is 1.20 bits per heavy atom. The van der Waals surface area contributed by atoms with Gasteiger partial charge in [-0.05, 0) is 36.2 Å². The van der Waals surface area contributed by atoms with Gasteiger partial charge in [0, 0.05) is 16.9 Å². The van der Waals surface area contributed by atoms with Crippen LogP contribution in [0.25, 0.3) is 11.3 Å². The molecule has 0 aliphatic rings. The van der Waals surface area contributed by atoms with Crippen molar-refractivity contribution in [2.75, 3.05) is 11.5 Å². The maximum atomic E-state index is 5.89. The topological polar surface area (TPSA) is 65.2 Å². The first-order valence-electron chi connectivity index (χ1n) is 4.94. The molecule has 2 aromatic rings. The molecule has 3 nitrogen and oxygen atoms in total. The van der Waals surface area contributed by atoms with Gasteiger partial charge < -0.3 is 15.9 Å². The number of rotatable bonds is 2. The molecule has 1 heterocycles. The van der Waals surface area contributed by atoms with Crippen molar-refractivity contribution in [1.29, 1.82) is 0 Å².